The molecule has 0 radical (unpaired) electrons. The van der Waals surface area contributed by atoms with E-state index in [4.69, 9.17) is 4.42 Å². The minimum atomic E-state index is -3.23. The highest BCUT2D eigenvalue weighted by atomic mass is 32.2. The molecular weight excluding hydrogens is 306 g/mol. The summed E-state index contributed by atoms with van der Waals surface area (Å²) in [5.74, 6) is 0.213. The molecule has 116 valence electrons. The Kier molecular flexibility index (Phi) is 3.69. The first-order valence-corrected chi connectivity index (χ1v) is 8.62. The van der Waals surface area contributed by atoms with Gasteiger partial charge in [-0.25, -0.2) is 8.42 Å². The van der Waals surface area contributed by atoms with Gasteiger partial charge in [0, 0.05) is 11.5 Å². The second-order valence-corrected chi connectivity index (χ2v) is 7.38. The van der Waals surface area contributed by atoms with Crippen LogP contribution in [0.3, 0.4) is 0 Å². The van der Waals surface area contributed by atoms with Crippen molar-refractivity contribution >= 4 is 21.8 Å². The van der Waals surface area contributed by atoms with Gasteiger partial charge < -0.3 is 4.42 Å². The van der Waals surface area contributed by atoms with Crippen molar-refractivity contribution in [3.8, 4) is 11.5 Å². The number of rotatable bonds is 5. The first-order chi connectivity index (χ1) is 10.5. The fourth-order valence-electron chi connectivity index (χ4n) is 1.91. The Morgan fingerprint density at radius 3 is 2.55 bits per heavy atom. The van der Waals surface area contributed by atoms with Gasteiger partial charge in [0.05, 0.1) is 10.6 Å². The summed E-state index contributed by atoms with van der Waals surface area (Å²) in [5, 5.41) is 10.2. The van der Waals surface area contributed by atoms with Crippen LogP contribution in [0.2, 0.25) is 0 Å². The molecule has 1 aliphatic rings. The predicted octanol–water partition coefficient (Wildman–Crippen LogP) is 1.88. The molecule has 1 fully saturated rings. The van der Waals surface area contributed by atoms with Crippen LogP contribution in [0.25, 0.3) is 11.5 Å². The quantitative estimate of drug-likeness (QED) is 0.902. The lowest BCUT2D eigenvalue weighted by molar-refractivity contribution is -0.117. The lowest BCUT2D eigenvalue weighted by Gasteiger charge is -2.01. The van der Waals surface area contributed by atoms with Crippen LogP contribution in [0, 0.1) is 5.92 Å². The van der Waals surface area contributed by atoms with E-state index in [1.807, 2.05) is 0 Å². The van der Waals surface area contributed by atoms with Gasteiger partial charge in [0.25, 0.3) is 0 Å². The molecular formula is C14H15N3O4S. The van der Waals surface area contributed by atoms with Gasteiger partial charge in [-0.2, -0.15) is 0 Å². The lowest BCUT2D eigenvalue weighted by Crippen LogP contribution is -2.13. The maximum Gasteiger partial charge on any atom is 0.322 e. The average molecular weight is 321 g/mol. The minimum Gasteiger partial charge on any atom is -0.403 e. The maximum absolute atomic E-state index is 11.7. The van der Waals surface area contributed by atoms with Gasteiger partial charge in [-0.1, -0.05) is 12.0 Å². The molecule has 1 heterocycles. The van der Waals surface area contributed by atoms with E-state index in [0.29, 0.717) is 5.56 Å². The molecule has 1 aromatic heterocycles. The summed E-state index contributed by atoms with van der Waals surface area (Å²) in [6, 6.07) is 6.25. The Balaban J connectivity index is 1.77. The molecule has 8 heteroatoms. The number of hydrogen-bond donors (Lipinski definition) is 1. The van der Waals surface area contributed by atoms with Crippen LogP contribution < -0.4 is 5.32 Å². The van der Waals surface area contributed by atoms with Crippen molar-refractivity contribution in [1.29, 1.82) is 0 Å². The van der Waals surface area contributed by atoms with E-state index in [-0.39, 0.29) is 34.4 Å². The number of benzene rings is 1. The molecule has 22 heavy (non-hydrogen) atoms. The highest BCUT2D eigenvalue weighted by Gasteiger charge is 2.30. The molecule has 7 nitrogen and oxygen atoms in total. The molecule has 1 aliphatic carbocycles. The van der Waals surface area contributed by atoms with Crippen LogP contribution in [-0.4, -0.2) is 30.3 Å². The molecule has 1 N–H and O–H groups in total. The molecule has 0 spiro atoms. The first-order valence-electron chi connectivity index (χ1n) is 6.97. The predicted molar refractivity (Wildman–Crippen MR) is 78.8 cm³/mol. The van der Waals surface area contributed by atoms with E-state index >= 15 is 0 Å². The van der Waals surface area contributed by atoms with Crippen LogP contribution in [0.4, 0.5) is 6.01 Å². The van der Waals surface area contributed by atoms with Gasteiger partial charge in [0.15, 0.2) is 9.84 Å². The summed E-state index contributed by atoms with van der Waals surface area (Å²) in [6.45, 7) is 1.59. The highest BCUT2D eigenvalue weighted by molar-refractivity contribution is 7.91. The third-order valence-electron chi connectivity index (χ3n) is 3.44. The van der Waals surface area contributed by atoms with E-state index in [2.05, 4.69) is 15.5 Å². The standard InChI is InChI=1S/C14H15N3O4S/c1-2-22(19,20)11-7-5-10(6-8-11)13-16-17-14(21-13)15-12(18)9-3-4-9/h5-9H,2-4H2,1H3,(H,15,17,18). The van der Waals surface area contributed by atoms with Crippen molar-refractivity contribution in [1.82, 2.24) is 10.2 Å². The number of carbonyl (C=O) groups is 1. The number of carbonyl (C=O) groups excluding carboxylic acids is 1. The summed E-state index contributed by atoms with van der Waals surface area (Å²) >= 11 is 0. The summed E-state index contributed by atoms with van der Waals surface area (Å²) in [5.41, 5.74) is 0.592. The van der Waals surface area contributed by atoms with Gasteiger partial charge in [0.1, 0.15) is 0 Å². The number of amides is 1. The van der Waals surface area contributed by atoms with Crippen molar-refractivity contribution in [2.75, 3.05) is 11.1 Å². The second kappa shape index (κ2) is 5.53. The molecule has 1 aromatic carbocycles. The molecule has 0 atom stereocenters. The number of anilines is 1. The Labute approximate surface area is 127 Å². The number of nitrogens with zero attached hydrogens (tertiary/aromatic N) is 2. The minimum absolute atomic E-state index is 0.0459. The molecule has 1 amide bonds. The zero-order chi connectivity index (χ0) is 15.7. The van der Waals surface area contributed by atoms with Crippen molar-refractivity contribution < 1.29 is 17.6 Å². The first kappa shape index (κ1) is 14.7. The summed E-state index contributed by atoms with van der Waals surface area (Å²) in [7, 11) is -3.23. The Hall–Kier alpha value is -2.22. The zero-order valence-corrected chi connectivity index (χ0v) is 12.8. The van der Waals surface area contributed by atoms with Gasteiger partial charge in [-0.15, -0.1) is 5.10 Å². The van der Waals surface area contributed by atoms with Crippen LogP contribution >= 0.6 is 0 Å². The molecule has 1 saturated carbocycles. The SMILES string of the molecule is CCS(=O)(=O)c1ccc(-c2nnc(NC(=O)C3CC3)o2)cc1. The monoisotopic (exact) mass is 321 g/mol. The van der Waals surface area contributed by atoms with Gasteiger partial charge in [-0.05, 0) is 37.1 Å². The number of nitrogens with one attached hydrogen (secondary N) is 1. The fraction of sp³-hybridized carbons (Fsp3) is 0.357. The van der Waals surface area contributed by atoms with Crippen molar-refractivity contribution in [2.45, 2.75) is 24.7 Å². The molecule has 3 rings (SSSR count). The van der Waals surface area contributed by atoms with Crippen LogP contribution in [-0.2, 0) is 14.6 Å². The normalized spacial score (nSPS) is 14.8. The summed E-state index contributed by atoms with van der Waals surface area (Å²) in [4.78, 5) is 11.9. The fourth-order valence-corrected chi connectivity index (χ4v) is 2.80. The van der Waals surface area contributed by atoms with Gasteiger partial charge in [-0.3, -0.25) is 10.1 Å². The van der Waals surface area contributed by atoms with Crippen LogP contribution in [0.15, 0.2) is 33.6 Å². The smallest absolute Gasteiger partial charge is 0.322 e. The van der Waals surface area contributed by atoms with E-state index in [1.165, 1.54) is 12.1 Å². The largest absolute Gasteiger partial charge is 0.403 e. The van der Waals surface area contributed by atoms with Crippen molar-refractivity contribution in [3.05, 3.63) is 24.3 Å². The maximum atomic E-state index is 11.7. The van der Waals surface area contributed by atoms with Gasteiger partial charge >= 0.3 is 6.01 Å². The number of hydrogen-bond acceptors (Lipinski definition) is 6. The number of sulfone groups is 1. The van der Waals surface area contributed by atoms with E-state index in [0.717, 1.165) is 12.8 Å². The van der Waals surface area contributed by atoms with E-state index in [1.54, 1.807) is 19.1 Å². The third-order valence-corrected chi connectivity index (χ3v) is 5.19. The lowest BCUT2D eigenvalue weighted by atomic mass is 10.2. The molecule has 0 aliphatic heterocycles. The summed E-state index contributed by atoms with van der Waals surface area (Å²) < 4.78 is 28.9. The van der Waals surface area contributed by atoms with Crippen molar-refractivity contribution in [3.63, 3.8) is 0 Å². The van der Waals surface area contributed by atoms with Crippen LogP contribution in [0.5, 0.6) is 0 Å². The van der Waals surface area contributed by atoms with Crippen molar-refractivity contribution in [2.24, 2.45) is 5.92 Å². The Morgan fingerprint density at radius 2 is 1.95 bits per heavy atom. The Morgan fingerprint density at radius 1 is 1.27 bits per heavy atom. The zero-order valence-electron chi connectivity index (χ0n) is 11.9. The molecule has 2 aromatic rings. The topological polar surface area (TPSA) is 102 Å². The number of aromatic nitrogens is 2. The highest BCUT2D eigenvalue weighted by Crippen LogP contribution is 2.30. The Bertz CT molecular complexity index is 792. The average Bonchev–Trinajstić information content (AvgIpc) is 3.28. The molecule has 0 bridgehead atoms. The molecule has 0 saturated heterocycles. The van der Waals surface area contributed by atoms with Gasteiger partial charge in [0.2, 0.25) is 11.8 Å². The van der Waals surface area contributed by atoms with E-state index in [9.17, 15) is 13.2 Å². The van der Waals surface area contributed by atoms with Crippen LogP contribution in [0.1, 0.15) is 19.8 Å². The van der Waals surface area contributed by atoms with E-state index < -0.39 is 9.84 Å². The summed E-state index contributed by atoms with van der Waals surface area (Å²) in [6.07, 6.45) is 1.78. The third kappa shape index (κ3) is 3.01. The second-order valence-electron chi connectivity index (χ2n) is 5.10. The molecule has 0 unspecified atom stereocenters.